The molecule has 0 radical (unpaired) electrons. The fraction of sp³-hybridized carbons (Fsp3) is 0.133. The van der Waals surface area contributed by atoms with Crippen LogP contribution in [0.5, 0.6) is 0 Å². The highest BCUT2D eigenvalue weighted by Crippen LogP contribution is 1.97. The summed E-state index contributed by atoms with van der Waals surface area (Å²) in [5.41, 5.74) is 2.01. The molecule has 0 spiro atoms. The highest BCUT2D eigenvalue weighted by atomic mass is 16.1. The van der Waals surface area contributed by atoms with Crippen LogP contribution < -0.4 is 5.32 Å². The fourth-order valence-corrected chi connectivity index (χ4v) is 1.55. The first-order valence-electron chi connectivity index (χ1n) is 6.06. The Morgan fingerprint density at radius 3 is 2.63 bits per heavy atom. The molecule has 0 saturated heterocycles. The number of nitrogens with zero attached hydrogens (tertiary/aromatic N) is 2. The molecule has 1 N–H and O–H groups in total. The van der Waals surface area contributed by atoms with Gasteiger partial charge < -0.3 is 5.32 Å². The van der Waals surface area contributed by atoms with Gasteiger partial charge in [0.2, 0.25) is 0 Å². The van der Waals surface area contributed by atoms with Crippen molar-refractivity contribution in [1.82, 2.24) is 10.3 Å². The van der Waals surface area contributed by atoms with E-state index in [4.69, 9.17) is 0 Å². The number of hydrogen-bond acceptors (Lipinski definition) is 3. The molecule has 0 atom stereocenters. The number of rotatable bonds is 5. The first-order valence-corrected chi connectivity index (χ1v) is 6.06. The summed E-state index contributed by atoms with van der Waals surface area (Å²) >= 11 is 0. The summed E-state index contributed by atoms with van der Waals surface area (Å²) in [7, 11) is 0. The second-order valence-corrected chi connectivity index (χ2v) is 4.02. The molecular formula is C15H15N3O. The second kappa shape index (κ2) is 7.18. The van der Waals surface area contributed by atoms with Crippen LogP contribution in [0, 0.1) is 0 Å². The van der Waals surface area contributed by atoms with Gasteiger partial charge in [0, 0.05) is 25.2 Å². The van der Waals surface area contributed by atoms with Gasteiger partial charge in [-0.05, 0) is 23.3 Å². The highest BCUT2D eigenvalue weighted by Gasteiger charge is 1.97. The quantitative estimate of drug-likeness (QED) is 0.827. The van der Waals surface area contributed by atoms with E-state index >= 15 is 0 Å². The van der Waals surface area contributed by atoms with Crippen molar-refractivity contribution in [2.24, 2.45) is 4.99 Å². The molecule has 0 aliphatic carbocycles. The zero-order valence-electron chi connectivity index (χ0n) is 10.5. The minimum atomic E-state index is -0.187. The van der Waals surface area contributed by atoms with E-state index < -0.39 is 0 Å². The zero-order valence-corrected chi connectivity index (χ0v) is 10.5. The van der Waals surface area contributed by atoms with Crippen molar-refractivity contribution < 1.29 is 4.79 Å². The van der Waals surface area contributed by atoms with Crippen LogP contribution in [0.1, 0.15) is 11.1 Å². The summed E-state index contributed by atoms with van der Waals surface area (Å²) in [5, 5.41) is 3.06. The van der Waals surface area contributed by atoms with Gasteiger partial charge in [-0.15, -0.1) is 0 Å². The van der Waals surface area contributed by atoms with Gasteiger partial charge >= 0.3 is 0 Å². The van der Waals surface area contributed by atoms with Crippen LogP contribution in [0.3, 0.4) is 0 Å². The third-order valence-electron chi connectivity index (χ3n) is 2.51. The summed E-state index contributed by atoms with van der Waals surface area (Å²) in [6.45, 7) is 0.897. The lowest BCUT2D eigenvalue weighted by Crippen LogP contribution is -2.21. The molecule has 19 heavy (non-hydrogen) atoms. The summed E-state index contributed by atoms with van der Waals surface area (Å²) in [5.74, 6) is -0.187. The van der Waals surface area contributed by atoms with Crippen molar-refractivity contribution in [3.63, 3.8) is 0 Å². The Bertz CT molecular complexity index is 538. The average Bonchev–Trinajstić information content (AvgIpc) is 2.47. The van der Waals surface area contributed by atoms with E-state index in [0.29, 0.717) is 6.54 Å². The topological polar surface area (TPSA) is 54.4 Å². The summed E-state index contributed by atoms with van der Waals surface area (Å²) in [6.07, 6.45) is 4.88. The third kappa shape index (κ3) is 4.81. The zero-order chi connectivity index (χ0) is 13.3. The minimum absolute atomic E-state index is 0.187. The van der Waals surface area contributed by atoms with Crippen LogP contribution in [-0.2, 0) is 11.3 Å². The molecule has 0 unspecified atom stereocenters. The van der Waals surface area contributed by atoms with Gasteiger partial charge in [0.15, 0.2) is 0 Å². The standard InChI is InChI=1S/C15H15N3O/c19-15(18-11-14-6-8-16-9-7-14)12-17-10-13-4-2-1-3-5-13/h1-9,11,17H,10,12H2/b18-11+. The molecule has 1 aromatic heterocycles. The number of aliphatic imine (C=N–C) groups is 1. The molecule has 0 fully saturated rings. The smallest absolute Gasteiger partial charge is 0.259 e. The number of nitrogens with one attached hydrogen (secondary N) is 1. The van der Waals surface area contributed by atoms with Gasteiger partial charge in [-0.2, -0.15) is 0 Å². The number of carbonyl (C=O) groups is 1. The van der Waals surface area contributed by atoms with E-state index in [9.17, 15) is 4.79 Å². The molecule has 2 aromatic rings. The number of benzene rings is 1. The molecule has 1 heterocycles. The number of pyridine rings is 1. The van der Waals surface area contributed by atoms with Crippen molar-refractivity contribution >= 4 is 12.1 Å². The SMILES string of the molecule is O=C(CNCc1ccccc1)/N=C/c1ccncc1. The lowest BCUT2D eigenvalue weighted by Gasteiger charge is -2.01. The van der Waals surface area contributed by atoms with Crippen molar-refractivity contribution in [3.8, 4) is 0 Å². The number of aromatic nitrogens is 1. The molecule has 96 valence electrons. The summed E-state index contributed by atoms with van der Waals surface area (Å²) < 4.78 is 0. The van der Waals surface area contributed by atoms with E-state index in [0.717, 1.165) is 11.1 Å². The van der Waals surface area contributed by atoms with E-state index in [1.165, 1.54) is 0 Å². The number of amides is 1. The lowest BCUT2D eigenvalue weighted by atomic mass is 10.2. The minimum Gasteiger partial charge on any atom is -0.304 e. The number of carbonyl (C=O) groups excluding carboxylic acids is 1. The molecule has 0 aliphatic heterocycles. The van der Waals surface area contributed by atoms with Gasteiger partial charge in [-0.3, -0.25) is 9.78 Å². The maximum absolute atomic E-state index is 11.5. The van der Waals surface area contributed by atoms with E-state index in [-0.39, 0.29) is 12.5 Å². The molecule has 4 heteroatoms. The van der Waals surface area contributed by atoms with Crippen LogP contribution in [0.2, 0.25) is 0 Å². The average molecular weight is 253 g/mol. The number of hydrogen-bond donors (Lipinski definition) is 1. The second-order valence-electron chi connectivity index (χ2n) is 4.02. The van der Waals surface area contributed by atoms with Crippen LogP contribution in [0.25, 0.3) is 0 Å². The largest absolute Gasteiger partial charge is 0.304 e. The first kappa shape index (κ1) is 13.1. The van der Waals surface area contributed by atoms with Crippen LogP contribution in [0.15, 0.2) is 59.9 Å². The van der Waals surface area contributed by atoms with Crippen LogP contribution >= 0.6 is 0 Å². The predicted molar refractivity (Wildman–Crippen MR) is 75.0 cm³/mol. The van der Waals surface area contributed by atoms with E-state index in [2.05, 4.69) is 15.3 Å². The molecule has 0 aliphatic rings. The van der Waals surface area contributed by atoms with E-state index in [1.54, 1.807) is 30.7 Å². The Balaban J connectivity index is 1.75. The molecule has 0 saturated carbocycles. The Hall–Kier alpha value is -2.33. The van der Waals surface area contributed by atoms with Crippen molar-refractivity contribution in [3.05, 3.63) is 66.0 Å². The monoisotopic (exact) mass is 253 g/mol. The van der Waals surface area contributed by atoms with Crippen LogP contribution in [0.4, 0.5) is 0 Å². The van der Waals surface area contributed by atoms with Gasteiger partial charge in [0.25, 0.3) is 5.91 Å². The molecule has 1 amide bonds. The van der Waals surface area contributed by atoms with E-state index in [1.807, 2.05) is 30.3 Å². The molecule has 0 bridgehead atoms. The Morgan fingerprint density at radius 1 is 1.16 bits per heavy atom. The van der Waals surface area contributed by atoms with Gasteiger partial charge in [0.05, 0.1) is 6.54 Å². The van der Waals surface area contributed by atoms with Gasteiger partial charge in [-0.25, -0.2) is 4.99 Å². The maximum atomic E-state index is 11.5. The predicted octanol–water partition coefficient (Wildman–Crippen LogP) is 1.82. The van der Waals surface area contributed by atoms with Crippen molar-refractivity contribution in [1.29, 1.82) is 0 Å². The summed E-state index contributed by atoms with van der Waals surface area (Å²) in [6, 6.07) is 13.5. The molecule has 2 rings (SSSR count). The normalized spacial score (nSPS) is 10.7. The summed E-state index contributed by atoms with van der Waals surface area (Å²) in [4.78, 5) is 19.3. The third-order valence-corrected chi connectivity index (χ3v) is 2.51. The maximum Gasteiger partial charge on any atom is 0.259 e. The van der Waals surface area contributed by atoms with Gasteiger partial charge in [0.1, 0.15) is 0 Å². The van der Waals surface area contributed by atoms with Crippen molar-refractivity contribution in [2.45, 2.75) is 6.54 Å². The van der Waals surface area contributed by atoms with Crippen LogP contribution in [-0.4, -0.2) is 23.7 Å². The molecule has 1 aromatic carbocycles. The fourth-order valence-electron chi connectivity index (χ4n) is 1.55. The molecule has 4 nitrogen and oxygen atoms in total. The first-order chi connectivity index (χ1) is 9.34. The van der Waals surface area contributed by atoms with Gasteiger partial charge in [-0.1, -0.05) is 30.3 Å². The van der Waals surface area contributed by atoms with Crippen molar-refractivity contribution in [2.75, 3.05) is 6.54 Å². The molecular weight excluding hydrogens is 238 g/mol. The lowest BCUT2D eigenvalue weighted by molar-refractivity contribution is -0.116. The Morgan fingerprint density at radius 2 is 1.89 bits per heavy atom. The Kier molecular flexibility index (Phi) is 4.96. The highest BCUT2D eigenvalue weighted by molar-refractivity contribution is 5.92. The Labute approximate surface area is 112 Å².